The number of carbonyl (C=O) groups excluding carboxylic acids is 1. The lowest BCUT2D eigenvalue weighted by atomic mass is 10.00. The predicted molar refractivity (Wildman–Crippen MR) is 198 cm³/mol. The number of pyridine rings is 1. The van der Waals surface area contributed by atoms with Crippen LogP contribution in [0.15, 0.2) is 101 Å². The first kappa shape index (κ1) is 19.2. The molecule has 1 amide bonds. The van der Waals surface area contributed by atoms with E-state index in [1.165, 1.54) is 12.1 Å². The van der Waals surface area contributed by atoms with Gasteiger partial charge in [-0.05, 0) is 72.2 Å². The number of rotatable bonds is 12. The molecule has 6 nitrogen and oxygen atoms in total. The van der Waals surface area contributed by atoms with Gasteiger partial charge in [0, 0.05) is 78.2 Å². The number of ether oxygens (including phenoxy) is 1. The quantitative estimate of drug-likeness (QED) is 0.0939. The number of amides is 1. The molecule has 4 aromatic carbocycles. The van der Waals surface area contributed by atoms with Gasteiger partial charge in [0.25, 0.3) is 0 Å². The Labute approximate surface area is 340 Å². The molecule has 5 aromatic rings. The number of hydrogen-bond acceptors (Lipinski definition) is 5. The second-order valence-corrected chi connectivity index (χ2v) is 11.8. The molecule has 0 bridgehead atoms. The van der Waals surface area contributed by atoms with Crippen LogP contribution < -0.4 is 5.43 Å². The van der Waals surface area contributed by atoms with Gasteiger partial charge in [-0.3, -0.25) is 9.59 Å². The number of fused-ring (bicyclic) bond motifs is 1. The first-order valence-electron chi connectivity index (χ1n) is 26.2. The number of halogens is 5. The Hall–Kier alpha value is -4.52. The number of thioether (sulfide) groups is 1. The van der Waals surface area contributed by atoms with Gasteiger partial charge in [0.15, 0.2) is 17.1 Å². The Bertz CT molecular complexity index is 3110. The monoisotopic (exact) mass is 771 g/mol. The van der Waals surface area contributed by atoms with E-state index in [1.54, 1.807) is 0 Å². The second kappa shape index (κ2) is 16.7. The van der Waals surface area contributed by atoms with Crippen molar-refractivity contribution in [3.8, 4) is 11.1 Å². The molecule has 0 radical (unpaired) electrons. The highest BCUT2D eigenvalue weighted by Gasteiger charge is 2.31. The van der Waals surface area contributed by atoms with Crippen LogP contribution >= 0.6 is 11.8 Å². The fourth-order valence-electron chi connectivity index (χ4n) is 4.83. The molecule has 0 aliphatic carbocycles. The van der Waals surface area contributed by atoms with Gasteiger partial charge in [-0.15, -0.1) is 11.8 Å². The van der Waals surface area contributed by atoms with E-state index >= 15 is 9.18 Å². The van der Waals surface area contributed by atoms with Crippen LogP contribution in [0.2, 0.25) is 0 Å². The van der Waals surface area contributed by atoms with Gasteiger partial charge in [0.05, 0.1) is 36.4 Å². The molecular weight excluding hydrogens is 710 g/mol. The Balaban J connectivity index is 1.69. The standard InChI is InChI=1S/C41H40F5N3O3S/c1-27-6-15-34-36(22-27)49(39(23-37(34)50)53-26-31-4-3-5-35(42)40(31)43)25-38(51)48(33-16-18-47(19-17-33)20-21-52-2)24-28-7-9-29(10-8-28)30-11-13-32(14-12-30)41(44,45)46/h3-15,22-23,33H,16-21,24-26H2,1-2H3/i2D3,6D,15D,16D2,17D2,18D2,19D2,20D2,22D,23D,25D2,26D2,33D. The van der Waals surface area contributed by atoms with Gasteiger partial charge in [0.2, 0.25) is 5.91 Å². The lowest BCUT2D eigenvalue weighted by Gasteiger charge is -2.39. The lowest BCUT2D eigenvalue weighted by molar-refractivity contribution is -0.137. The van der Waals surface area contributed by atoms with Crippen LogP contribution in [0.5, 0.6) is 0 Å². The number of alkyl halides is 3. The van der Waals surface area contributed by atoms with Crippen molar-refractivity contribution in [3.63, 3.8) is 0 Å². The number of aromatic nitrogens is 1. The maximum atomic E-state index is 15.7. The smallest absolute Gasteiger partial charge is 0.383 e. The van der Waals surface area contributed by atoms with Crippen molar-refractivity contribution in [2.75, 3.05) is 33.1 Å². The summed E-state index contributed by atoms with van der Waals surface area (Å²) in [4.78, 5) is 28.6. The zero-order valence-electron chi connectivity index (χ0n) is 49.1. The first-order valence-corrected chi connectivity index (χ1v) is 16.0. The molecule has 1 saturated heterocycles. The number of methoxy groups -OCH3 is 1. The van der Waals surface area contributed by atoms with Crippen LogP contribution in [-0.2, 0) is 34.5 Å². The molecule has 0 spiro atoms. The first-order chi connectivity index (χ1) is 33.9. The summed E-state index contributed by atoms with van der Waals surface area (Å²) in [6.45, 7) is -19.4. The van der Waals surface area contributed by atoms with Crippen LogP contribution in [0.3, 0.4) is 0 Å². The average molecular weight is 772 g/mol. The van der Waals surface area contributed by atoms with Crippen molar-refractivity contribution in [1.82, 2.24) is 14.4 Å². The highest BCUT2D eigenvalue weighted by atomic mass is 32.2. The van der Waals surface area contributed by atoms with Crippen molar-refractivity contribution < 1.29 is 61.6 Å². The Morgan fingerprint density at radius 1 is 1.06 bits per heavy atom. The Morgan fingerprint density at radius 3 is 2.43 bits per heavy atom. The molecule has 1 fully saturated rings. The van der Waals surface area contributed by atoms with Crippen molar-refractivity contribution >= 4 is 28.6 Å². The molecule has 12 heteroatoms. The molecule has 1 aromatic heterocycles. The largest absolute Gasteiger partial charge is 0.416 e. The highest BCUT2D eigenvalue weighted by Crippen LogP contribution is 2.32. The maximum absolute atomic E-state index is 15.7. The van der Waals surface area contributed by atoms with E-state index in [0.717, 1.165) is 49.4 Å². The predicted octanol–water partition coefficient (Wildman–Crippen LogP) is 8.71. The van der Waals surface area contributed by atoms with E-state index in [4.69, 9.17) is 20.6 Å². The zero-order chi connectivity index (χ0) is 57.2. The number of benzene rings is 4. The van der Waals surface area contributed by atoms with E-state index in [9.17, 15) is 32.0 Å². The van der Waals surface area contributed by atoms with Crippen LogP contribution in [0.4, 0.5) is 22.0 Å². The molecule has 0 unspecified atom stereocenters. The van der Waals surface area contributed by atoms with E-state index in [1.807, 2.05) is 0 Å². The SMILES string of the molecule is [2H]c1c(C)c([2H])c2c(c1[2H])c(=O)c([2H])c(SC([2H])([2H])c1cccc(F)c1F)n2C([2H])([2H])C(=O)N(Cc1ccc(-c2ccc(C(F)(F)F)cc2)cc1)C1([2H])C([2H])([2H])C([2H])([2H])N(C([2H])([2H])COC([2H])([2H])[2H])C([2H])([2H])C1([2H])[2H]. The molecule has 0 saturated carbocycles. The summed E-state index contributed by atoms with van der Waals surface area (Å²) in [5.41, 5.74) is -9.03. The van der Waals surface area contributed by atoms with Crippen LogP contribution in [0.1, 0.15) is 65.2 Å². The van der Waals surface area contributed by atoms with Gasteiger partial charge in [-0.1, -0.05) is 54.6 Å². The zero-order valence-corrected chi connectivity index (χ0v) is 27.9. The minimum atomic E-state index is -4.73. The third kappa shape index (κ3) is 9.17. The topological polar surface area (TPSA) is 54.8 Å². The summed E-state index contributed by atoms with van der Waals surface area (Å²) in [5, 5.41) is -2.53. The van der Waals surface area contributed by atoms with E-state index in [2.05, 4.69) is 4.74 Å². The normalized spacial score (nSPS) is 25.7. The average Bonchev–Trinajstić information content (AvgIpc) is 3.29. The van der Waals surface area contributed by atoms with E-state index in [0.29, 0.717) is 12.1 Å². The molecule has 1 aliphatic rings. The third-order valence-electron chi connectivity index (χ3n) is 7.43. The van der Waals surface area contributed by atoms with Gasteiger partial charge in [0.1, 0.15) is 6.50 Å². The van der Waals surface area contributed by atoms with Crippen LogP contribution in [0.25, 0.3) is 22.0 Å². The Kier molecular flexibility index (Phi) is 6.03. The lowest BCUT2D eigenvalue weighted by Crippen LogP contribution is -2.48. The number of hydrogen-bond donors (Lipinski definition) is 0. The number of piperidine rings is 1. The minimum Gasteiger partial charge on any atom is -0.383 e. The highest BCUT2D eigenvalue weighted by molar-refractivity contribution is 7.98. The van der Waals surface area contributed by atoms with Gasteiger partial charge < -0.3 is 19.1 Å². The van der Waals surface area contributed by atoms with Crippen molar-refractivity contribution in [2.45, 2.75) is 55.6 Å². The maximum Gasteiger partial charge on any atom is 0.416 e. The summed E-state index contributed by atoms with van der Waals surface area (Å²) in [6.07, 6.45) is -13.9. The minimum absolute atomic E-state index is 0.0979. The van der Waals surface area contributed by atoms with Gasteiger partial charge in [-0.2, -0.15) is 13.2 Å². The number of likely N-dealkylation sites (tertiary alicyclic amines) is 1. The Morgan fingerprint density at radius 2 is 1.75 bits per heavy atom. The summed E-state index contributed by atoms with van der Waals surface area (Å²) in [6, 6.07) is 1.00. The summed E-state index contributed by atoms with van der Waals surface area (Å²) >= 11 is -0.444. The van der Waals surface area contributed by atoms with Gasteiger partial charge >= 0.3 is 6.18 Å². The van der Waals surface area contributed by atoms with Crippen molar-refractivity contribution in [3.05, 3.63) is 135 Å². The fraction of sp³-hybridized carbons (Fsp3) is 0.317. The van der Waals surface area contributed by atoms with E-state index in [-0.39, 0.29) is 26.2 Å². The molecule has 0 N–H and O–H groups in total. The van der Waals surface area contributed by atoms with Crippen molar-refractivity contribution in [1.29, 1.82) is 0 Å². The summed E-state index contributed by atoms with van der Waals surface area (Å²) < 4.78 is 268. The molecular formula is C41H40F5N3O3S. The van der Waals surface area contributed by atoms with E-state index < -0.39 is 173 Å². The second-order valence-electron chi connectivity index (χ2n) is 11.0. The molecule has 53 heavy (non-hydrogen) atoms. The molecule has 6 rings (SSSR count). The van der Waals surface area contributed by atoms with Gasteiger partial charge in [-0.25, -0.2) is 8.78 Å². The third-order valence-corrected chi connectivity index (χ3v) is 8.23. The van der Waals surface area contributed by atoms with Crippen LogP contribution in [-0.4, -0.2) is 59.4 Å². The molecule has 278 valence electrons. The molecule has 2 heterocycles. The van der Waals surface area contributed by atoms with Crippen LogP contribution in [0, 0.1) is 18.6 Å². The summed E-state index contributed by atoms with van der Waals surface area (Å²) in [7, 11) is -3.47. The molecule has 0 atom stereocenters. The van der Waals surface area contributed by atoms with Crippen molar-refractivity contribution in [2.24, 2.45) is 0 Å². The number of carbonyl (C=O) groups is 1. The number of nitrogens with zero attached hydrogens (tertiary/aromatic N) is 3. The fourth-order valence-corrected chi connectivity index (χ4v) is 5.57. The summed E-state index contributed by atoms with van der Waals surface area (Å²) in [5.74, 6) is -5.92. The molecule has 1 aliphatic heterocycles.